The maximum Gasteiger partial charge on any atom is 0.251 e. The van der Waals surface area contributed by atoms with E-state index in [-0.39, 0.29) is 11.4 Å². The molecule has 1 aromatic carbocycles. The Morgan fingerprint density at radius 3 is 2.39 bits per heavy atom. The Kier molecular flexibility index (Phi) is 3.14. The first-order chi connectivity index (χ1) is 8.46. The number of nitrogens with one attached hydrogen (secondary N) is 1. The third-order valence-corrected chi connectivity index (χ3v) is 2.30. The molecule has 5 heteroatoms. The highest BCUT2D eigenvalue weighted by atomic mass is 16.1. The molecule has 0 spiro atoms. The molecule has 5 nitrogen and oxygen atoms in total. The molecule has 1 aromatic heterocycles. The van der Waals surface area contributed by atoms with Gasteiger partial charge in [0, 0.05) is 11.1 Å². The Morgan fingerprint density at radius 1 is 1.22 bits per heavy atom. The van der Waals surface area contributed by atoms with Gasteiger partial charge in [0.05, 0.1) is 5.69 Å². The predicted molar refractivity (Wildman–Crippen MR) is 68.6 cm³/mol. The van der Waals surface area contributed by atoms with Crippen LogP contribution in [0.25, 0.3) is 5.69 Å². The first-order valence-electron chi connectivity index (χ1n) is 5.73. The minimum Gasteiger partial charge on any atom is -0.347 e. The van der Waals surface area contributed by atoms with Crippen LogP contribution in [-0.4, -0.2) is 26.2 Å². The molecule has 0 aliphatic rings. The lowest BCUT2D eigenvalue weighted by atomic mass is 10.1. The van der Waals surface area contributed by atoms with Gasteiger partial charge in [-0.15, -0.1) is 0 Å². The smallest absolute Gasteiger partial charge is 0.251 e. The molecule has 94 valence electrons. The number of carbonyl (C=O) groups is 1. The number of hydrogen-bond donors (Lipinski definition) is 1. The van der Waals surface area contributed by atoms with Crippen LogP contribution >= 0.6 is 0 Å². The third-order valence-electron chi connectivity index (χ3n) is 2.30. The van der Waals surface area contributed by atoms with Gasteiger partial charge in [-0.05, 0) is 45.0 Å². The number of aromatic nitrogens is 3. The fourth-order valence-electron chi connectivity index (χ4n) is 1.52. The molecule has 0 radical (unpaired) electrons. The van der Waals surface area contributed by atoms with Crippen molar-refractivity contribution < 1.29 is 4.79 Å². The number of rotatable bonds is 2. The van der Waals surface area contributed by atoms with Crippen molar-refractivity contribution in [1.82, 2.24) is 20.1 Å². The summed E-state index contributed by atoms with van der Waals surface area (Å²) in [5, 5.41) is 6.94. The van der Waals surface area contributed by atoms with E-state index in [1.807, 2.05) is 32.9 Å². The molecule has 0 bridgehead atoms. The average Bonchev–Trinajstić information content (AvgIpc) is 2.80. The summed E-state index contributed by atoms with van der Waals surface area (Å²) in [6.07, 6.45) is 3.09. The van der Waals surface area contributed by atoms with E-state index in [0.29, 0.717) is 5.56 Å². The van der Waals surface area contributed by atoms with Gasteiger partial charge in [0.1, 0.15) is 12.7 Å². The van der Waals surface area contributed by atoms with Crippen molar-refractivity contribution in [3.8, 4) is 5.69 Å². The van der Waals surface area contributed by atoms with E-state index < -0.39 is 0 Å². The van der Waals surface area contributed by atoms with E-state index in [2.05, 4.69) is 15.4 Å². The van der Waals surface area contributed by atoms with Crippen LogP contribution in [0.15, 0.2) is 36.9 Å². The second-order valence-electron chi connectivity index (χ2n) is 5.09. The monoisotopic (exact) mass is 244 g/mol. The predicted octanol–water partition coefficient (Wildman–Crippen LogP) is 1.80. The number of amides is 1. The molecule has 0 atom stereocenters. The van der Waals surface area contributed by atoms with Gasteiger partial charge in [0.25, 0.3) is 5.91 Å². The van der Waals surface area contributed by atoms with Crippen LogP contribution in [0.1, 0.15) is 31.1 Å². The molecule has 1 N–H and O–H groups in total. The highest BCUT2D eigenvalue weighted by molar-refractivity contribution is 5.94. The number of benzene rings is 1. The highest BCUT2D eigenvalue weighted by Gasteiger charge is 2.15. The topological polar surface area (TPSA) is 59.8 Å². The Balaban J connectivity index is 2.15. The van der Waals surface area contributed by atoms with Gasteiger partial charge in [0.2, 0.25) is 0 Å². The van der Waals surface area contributed by atoms with Crippen LogP contribution in [-0.2, 0) is 0 Å². The van der Waals surface area contributed by atoms with E-state index in [4.69, 9.17) is 0 Å². The Bertz CT molecular complexity index is 523. The molecule has 0 fully saturated rings. The summed E-state index contributed by atoms with van der Waals surface area (Å²) in [4.78, 5) is 15.8. The molecular weight excluding hydrogens is 228 g/mol. The summed E-state index contributed by atoms with van der Waals surface area (Å²) in [6.45, 7) is 5.86. The fraction of sp³-hybridized carbons (Fsp3) is 0.308. The molecule has 2 rings (SSSR count). The van der Waals surface area contributed by atoms with Crippen molar-refractivity contribution in [2.75, 3.05) is 0 Å². The maximum absolute atomic E-state index is 11.9. The zero-order chi connectivity index (χ0) is 13.2. The summed E-state index contributed by atoms with van der Waals surface area (Å²) >= 11 is 0. The SMILES string of the molecule is CC(C)(C)NC(=O)c1ccc(-n2cncn2)cc1. The zero-order valence-corrected chi connectivity index (χ0v) is 10.7. The second kappa shape index (κ2) is 4.60. The molecule has 0 unspecified atom stereocenters. The standard InChI is InChI=1S/C13H16N4O/c1-13(2,3)16-12(18)10-4-6-11(7-5-10)17-9-14-8-15-17/h4-9H,1-3H3,(H,16,18). The fourth-order valence-corrected chi connectivity index (χ4v) is 1.52. The van der Waals surface area contributed by atoms with E-state index in [9.17, 15) is 4.79 Å². The minimum absolute atomic E-state index is 0.0763. The first-order valence-corrected chi connectivity index (χ1v) is 5.73. The molecular formula is C13H16N4O. The van der Waals surface area contributed by atoms with Crippen molar-refractivity contribution in [3.63, 3.8) is 0 Å². The van der Waals surface area contributed by atoms with E-state index >= 15 is 0 Å². The summed E-state index contributed by atoms with van der Waals surface area (Å²) in [6, 6.07) is 7.23. The Labute approximate surface area is 106 Å². The summed E-state index contributed by atoms with van der Waals surface area (Å²) in [7, 11) is 0. The quantitative estimate of drug-likeness (QED) is 0.876. The molecule has 0 saturated heterocycles. The lowest BCUT2D eigenvalue weighted by Gasteiger charge is -2.20. The van der Waals surface area contributed by atoms with Crippen LogP contribution < -0.4 is 5.32 Å². The molecule has 0 aliphatic heterocycles. The van der Waals surface area contributed by atoms with Crippen molar-refractivity contribution in [2.24, 2.45) is 0 Å². The maximum atomic E-state index is 11.9. The Hall–Kier alpha value is -2.17. The van der Waals surface area contributed by atoms with Gasteiger partial charge < -0.3 is 5.32 Å². The molecule has 18 heavy (non-hydrogen) atoms. The van der Waals surface area contributed by atoms with Crippen LogP contribution in [0.5, 0.6) is 0 Å². The van der Waals surface area contributed by atoms with Crippen LogP contribution in [0.4, 0.5) is 0 Å². The summed E-state index contributed by atoms with van der Waals surface area (Å²) < 4.78 is 1.64. The summed E-state index contributed by atoms with van der Waals surface area (Å²) in [5.74, 6) is -0.0763. The highest BCUT2D eigenvalue weighted by Crippen LogP contribution is 2.09. The number of nitrogens with zero attached hydrogens (tertiary/aromatic N) is 3. The van der Waals surface area contributed by atoms with Gasteiger partial charge in [-0.1, -0.05) is 0 Å². The molecule has 1 heterocycles. The molecule has 0 aliphatic carbocycles. The van der Waals surface area contributed by atoms with Gasteiger partial charge in [-0.2, -0.15) is 5.10 Å². The van der Waals surface area contributed by atoms with Gasteiger partial charge >= 0.3 is 0 Å². The number of hydrogen-bond acceptors (Lipinski definition) is 3. The van der Waals surface area contributed by atoms with Gasteiger partial charge in [-0.3, -0.25) is 4.79 Å². The van der Waals surface area contributed by atoms with E-state index in [1.54, 1.807) is 23.1 Å². The van der Waals surface area contributed by atoms with Gasteiger partial charge in [0.15, 0.2) is 0 Å². The molecule has 2 aromatic rings. The van der Waals surface area contributed by atoms with Crippen molar-refractivity contribution >= 4 is 5.91 Å². The number of carbonyl (C=O) groups excluding carboxylic acids is 1. The Morgan fingerprint density at radius 2 is 1.89 bits per heavy atom. The van der Waals surface area contributed by atoms with Crippen molar-refractivity contribution in [3.05, 3.63) is 42.5 Å². The zero-order valence-electron chi connectivity index (χ0n) is 10.7. The average molecular weight is 244 g/mol. The van der Waals surface area contributed by atoms with Crippen molar-refractivity contribution in [1.29, 1.82) is 0 Å². The van der Waals surface area contributed by atoms with Crippen LogP contribution in [0, 0.1) is 0 Å². The van der Waals surface area contributed by atoms with E-state index in [1.165, 1.54) is 6.33 Å². The van der Waals surface area contributed by atoms with E-state index in [0.717, 1.165) is 5.69 Å². The lowest BCUT2D eigenvalue weighted by Crippen LogP contribution is -2.40. The van der Waals surface area contributed by atoms with Gasteiger partial charge in [-0.25, -0.2) is 9.67 Å². The molecule has 0 saturated carbocycles. The largest absolute Gasteiger partial charge is 0.347 e. The van der Waals surface area contributed by atoms with Crippen LogP contribution in [0.3, 0.4) is 0 Å². The van der Waals surface area contributed by atoms with Crippen molar-refractivity contribution in [2.45, 2.75) is 26.3 Å². The molecule has 1 amide bonds. The third kappa shape index (κ3) is 2.94. The summed E-state index contributed by atoms with van der Waals surface area (Å²) in [5.41, 5.74) is 1.27. The van der Waals surface area contributed by atoms with Crippen LogP contribution in [0.2, 0.25) is 0 Å². The second-order valence-corrected chi connectivity index (χ2v) is 5.09. The lowest BCUT2D eigenvalue weighted by molar-refractivity contribution is 0.0919. The first kappa shape index (κ1) is 12.3. The normalized spacial score (nSPS) is 11.3. The minimum atomic E-state index is -0.234.